The van der Waals surface area contributed by atoms with Crippen LogP contribution in [0.3, 0.4) is 0 Å². The van der Waals surface area contributed by atoms with Gasteiger partial charge in [-0.2, -0.15) is 0 Å². The molecule has 18 heavy (non-hydrogen) atoms. The summed E-state index contributed by atoms with van der Waals surface area (Å²) >= 11 is 0. The number of nitrogens with zero attached hydrogens (tertiary/aromatic N) is 2. The van der Waals surface area contributed by atoms with Gasteiger partial charge < -0.3 is 9.42 Å². The standard InChI is InChI=1S/C11H16N2O4S/c1-8-5-10(12-17-8)6-13(2)11(14)9-3-4-18(15,16)7-9/h5,9H,3-4,6-7H2,1-2H3. The SMILES string of the molecule is Cc1cc(CN(C)C(=O)C2CCS(=O)(=O)C2)no1. The van der Waals surface area contributed by atoms with E-state index in [0.29, 0.717) is 24.4 Å². The van der Waals surface area contributed by atoms with Crippen molar-refractivity contribution in [2.45, 2.75) is 19.9 Å². The van der Waals surface area contributed by atoms with E-state index in [1.54, 1.807) is 20.0 Å². The first-order valence-corrected chi connectivity index (χ1v) is 7.57. The Morgan fingerprint density at radius 2 is 2.33 bits per heavy atom. The van der Waals surface area contributed by atoms with Crippen molar-refractivity contribution in [2.75, 3.05) is 18.6 Å². The highest BCUT2D eigenvalue weighted by molar-refractivity contribution is 7.91. The molecule has 7 heteroatoms. The zero-order valence-corrected chi connectivity index (χ0v) is 11.2. The van der Waals surface area contributed by atoms with E-state index in [4.69, 9.17) is 4.52 Å². The second kappa shape index (κ2) is 4.72. The predicted molar refractivity (Wildman–Crippen MR) is 64.5 cm³/mol. The van der Waals surface area contributed by atoms with Crippen LogP contribution in [0.15, 0.2) is 10.6 Å². The van der Waals surface area contributed by atoms with Gasteiger partial charge in [-0.3, -0.25) is 4.79 Å². The molecule has 1 aromatic heterocycles. The Morgan fingerprint density at radius 1 is 1.61 bits per heavy atom. The molecule has 100 valence electrons. The van der Waals surface area contributed by atoms with Crippen molar-refractivity contribution >= 4 is 15.7 Å². The normalized spacial score (nSPS) is 22.0. The lowest BCUT2D eigenvalue weighted by Crippen LogP contribution is -2.33. The molecule has 0 saturated carbocycles. The van der Waals surface area contributed by atoms with Crippen LogP contribution in [0.4, 0.5) is 0 Å². The molecule has 1 aromatic rings. The lowest BCUT2D eigenvalue weighted by Gasteiger charge is -2.18. The summed E-state index contributed by atoms with van der Waals surface area (Å²) in [5, 5.41) is 3.81. The number of carbonyl (C=O) groups is 1. The molecule has 0 aromatic carbocycles. The Morgan fingerprint density at radius 3 is 2.83 bits per heavy atom. The van der Waals surface area contributed by atoms with Gasteiger partial charge in [0, 0.05) is 13.1 Å². The molecule has 0 spiro atoms. The monoisotopic (exact) mass is 272 g/mol. The molecule has 1 unspecified atom stereocenters. The number of carbonyl (C=O) groups excluding carboxylic acids is 1. The number of aryl methyl sites for hydroxylation is 1. The third-order valence-electron chi connectivity index (χ3n) is 3.03. The van der Waals surface area contributed by atoms with Gasteiger partial charge in [0.1, 0.15) is 11.5 Å². The van der Waals surface area contributed by atoms with Gasteiger partial charge in [0.25, 0.3) is 0 Å². The van der Waals surface area contributed by atoms with E-state index in [1.807, 2.05) is 0 Å². The average molecular weight is 272 g/mol. The molecule has 0 bridgehead atoms. The number of amides is 1. The summed E-state index contributed by atoms with van der Waals surface area (Å²) in [4.78, 5) is 13.6. The molecule has 1 fully saturated rings. The first-order chi connectivity index (χ1) is 8.37. The Kier molecular flexibility index (Phi) is 3.43. The summed E-state index contributed by atoms with van der Waals surface area (Å²) in [7, 11) is -1.37. The van der Waals surface area contributed by atoms with Crippen LogP contribution in [0.2, 0.25) is 0 Å². The highest BCUT2D eigenvalue weighted by atomic mass is 32.2. The second-order valence-corrected chi connectivity index (χ2v) is 6.95. The lowest BCUT2D eigenvalue weighted by molar-refractivity contribution is -0.134. The smallest absolute Gasteiger partial charge is 0.226 e. The molecular formula is C11H16N2O4S. The molecule has 0 aliphatic carbocycles. The van der Waals surface area contributed by atoms with Crippen LogP contribution in [-0.4, -0.2) is 42.9 Å². The zero-order chi connectivity index (χ0) is 13.3. The van der Waals surface area contributed by atoms with Crippen LogP contribution < -0.4 is 0 Å². The van der Waals surface area contributed by atoms with Gasteiger partial charge in [-0.05, 0) is 13.3 Å². The number of aromatic nitrogens is 1. The van der Waals surface area contributed by atoms with E-state index in [9.17, 15) is 13.2 Å². The van der Waals surface area contributed by atoms with Crippen LogP contribution in [0.1, 0.15) is 17.9 Å². The summed E-state index contributed by atoms with van der Waals surface area (Å²) in [6, 6.07) is 1.76. The molecule has 1 aliphatic rings. The van der Waals surface area contributed by atoms with Crippen LogP contribution in [0, 0.1) is 12.8 Å². The highest BCUT2D eigenvalue weighted by Crippen LogP contribution is 2.21. The molecule has 2 heterocycles. The Labute approximate surface area is 106 Å². The maximum atomic E-state index is 12.0. The lowest BCUT2D eigenvalue weighted by atomic mass is 10.1. The van der Waals surface area contributed by atoms with Gasteiger partial charge in [-0.15, -0.1) is 0 Å². The highest BCUT2D eigenvalue weighted by Gasteiger charge is 2.34. The molecule has 2 rings (SSSR count). The Balaban J connectivity index is 1.97. The molecule has 1 aliphatic heterocycles. The van der Waals surface area contributed by atoms with E-state index in [1.165, 1.54) is 4.90 Å². The first-order valence-electron chi connectivity index (χ1n) is 5.75. The van der Waals surface area contributed by atoms with Gasteiger partial charge in [0.2, 0.25) is 5.91 Å². The van der Waals surface area contributed by atoms with E-state index >= 15 is 0 Å². The van der Waals surface area contributed by atoms with E-state index in [2.05, 4.69) is 5.16 Å². The van der Waals surface area contributed by atoms with Gasteiger partial charge in [0.15, 0.2) is 9.84 Å². The summed E-state index contributed by atoms with van der Waals surface area (Å²) in [6.07, 6.45) is 0.420. The van der Waals surface area contributed by atoms with Crippen molar-refractivity contribution in [1.82, 2.24) is 10.1 Å². The maximum Gasteiger partial charge on any atom is 0.226 e. The summed E-state index contributed by atoms with van der Waals surface area (Å²) in [5.74, 6) is 0.216. The maximum absolute atomic E-state index is 12.0. The van der Waals surface area contributed by atoms with Gasteiger partial charge >= 0.3 is 0 Å². The molecule has 0 radical (unpaired) electrons. The molecule has 1 amide bonds. The van der Waals surface area contributed by atoms with E-state index in [-0.39, 0.29) is 17.4 Å². The summed E-state index contributed by atoms with van der Waals surface area (Å²) < 4.78 is 27.6. The van der Waals surface area contributed by atoms with Gasteiger partial charge in [-0.25, -0.2) is 8.42 Å². The largest absolute Gasteiger partial charge is 0.361 e. The minimum Gasteiger partial charge on any atom is -0.361 e. The van der Waals surface area contributed by atoms with Crippen molar-refractivity contribution in [3.05, 3.63) is 17.5 Å². The van der Waals surface area contributed by atoms with Crippen LogP contribution in [0.25, 0.3) is 0 Å². The fourth-order valence-electron chi connectivity index (χ4n) is 2.11. The first kappa shape index (κ1) is 13.1. The molecule has 1 atom stereocenters. The molecule has 6 nitrogen and oxygen atoms in total. The van der Waals surface area contributed by atoms with Crippen molar-refractivity contribution < 1.29 is 17.7 Å². The van der Waals surface area contributed by atoms with Crippen molar-refractivity contribution in [3.63, 3.8) is 0 Å². The quantitative estimate of drug-likeness (QED) is 0.794. The topological polar surface area (TPSA) is 80.5 Å². The van der Waals surface area contributed by atoms with Gasteiger partial charge in [0.05, 0.1) is 24.0 Å². The minimum absolute atomic E-state index is 0.0337. The fourth-order valence-corrected chi connectivity index (χ4v) is 3.85. The van der Waals surface area contributed by atoms with Crippen molar-refractivity contribution in [1.29, 1.82) is 0 Å². The van der Waals surface area contributed by atoms with Crippen LogP contribution in [0.5, 0.6) is 0 Å². The Bertz CT molecular complexity index is 549. The number of rotatable bonds is 3. The molecule has 1 saturated heterocycles. The van der Waals surface area contributed by atoms with Crippen molar-refractivity contribution in [2.24, 2.45) is 5.92 Å². The number of sulfone groups is 1. The number of hydrogen-bond acceptors (Lipinski definition) is 5. The van der Waals surface area contributed by atoms with Gasteiger partial charge in [-0.1, -0.05) is 5.16 Å². The summed E-state index contributed by atoms with van der Waals surface area (Å²) in [5.41, 5.74) is 0.671. The fraction of sp³-hybridized carbons (Fsp3) is 0.636. The van der Waals surface area contributed by atoms with Crippen LogP contribution in [-0.2, 0) is 21.2 Å². The van der Waals surface area contributed by atoms with E-state index in [0.717, 1.165) is 0 Å². The van der Waals surface area contributed by atoms with Crippen molar-refractivity contribution in [3.8, 4) is 0 Å². The third kappa shape index (κ3) is 2.90. The number of hydrogen-bond donors (Lipinski definition) is 0. The van der Waals surface area contributed by atoms with Crippen LogP contribution >= 0.6 is 0 Å². The molecule has 0 N–H and O–H groups in total. The predicted octanol–water partition coefficient (Wildman–Crippen LogP) is 0.376. The minimum atomic E-state index is -3.02. The third-order valence-corrected chi connectivity index (χ3v) is 4.80. The summed E-state index contributed by atoms with van der Waals surface area (Å²) in [6.45, 7) is 2.12. The zero-order valence-electron chi connectivity index (χ0n) is 10.4. The average Bonchev–Trinajstić information content (AvgIpc) is 2.83. The second-order valence-electron chi connectivity index (χ2n) is 4.72. The Hall–Kier alpha value is -1.37. The molecular weight excluding hydrogens is 256 g/mol. The van der Waals surface area contributed by atoms with E-state index < -0.39 is 15.8 Å².